The van der Waals surface area contributed by atoms with Gasteiger partial charge in [-0.05, 0) is 35.1 Å². The Morgan fingerprint density at radius 3 is 2.47 bits per heavy atom. The molecule has 0 spiro atoms. The second-order valence-corrected chi connectivity index (χ2v) is 3.85. The molecule has 0 bridgehead atoms. The first-order valence-corrected chi connectivity index (χ1v) is 5.11. The van der Waals surface area contributed by atoms with Crippen LogP contribution in [-0.4, -0.2) is 12.2 Å². The number of nitrogens with zero attached hydrogens (tertiary/aromatic N) is 1. The van der Waals surface area contributed by atoms with Gasteiger partial charge in [-0.1, -0.05) is 30.3 Å². The van der Waals surface area contributed by atoms with E-state index in [9.17, 15) is 0 Å². The van der Waals surface area contributed by atoms with Crippen molar-refractivity contribution in [3.8, 4) is 0 Å². The molecule has 0 unspecified atom stereocenters. The van der Waals surface area contributed by atoms with Crippen LogP contribution in [0.4, 0.5) is 5.69 Å². The molecule has 2 aromatic carbocycles. The predicted octanol–water partition coefficient (Wildman–Crippen LogP) is 2.52. The molecule has 0 aromatic heterocycles. The van der Waals surface area contributed by atoms with Crippen LogP contribution in [0.25, 0.3) is 10.8 Å². The molecule has 0 aliphatic carbocycles. The third-order valence-corrected chi connectivity index (χ3v) is 2.72. The predicted molar refractivity (Wildman–Crippen MR) is 69.1 cm³/mol. The SMILES string of the molecule is CN(C(N)=S)c1ccc2ccccc2c1. The van der Waals surface area contributed by atoms with E-state index in [0.717, 1.165) is 5.69 Å². The summed E-state index contributed by atoms with van der Waals surface area (Å²) in [4.78, 5) is 1.79. The molecule has 76 valence electrons. The van der Waals surface area contributed by atoms with Crippen molar-refractivity contribution in [2.24, 2.45) is 5.73 Å². The highest BCUT2D eigenvalue weighted by Gasteiger charge is 2.03. The number of fused-ring (bicyclic) bond motifs is 1. The van der Waals surface area contributed by atoms with Crippen LogP contribution in [-0.2, 0) is 0 Å². The average Bonchev–Trinajstić information content (AvgIpc) is 2.27. The molecule has 0 amide bonds. The zero-order valence-corrected chi connectivity index (χ0v) is 9.29. The van der Waals surface area contributed by atoms with Crippen molar-refractivity contribution < 1.29 is 0 Å². The number of anilines is 1. The molecule has 15 heavy (non-hydrogen) atoms. The van der Waals surface area contributed by atoms with Crippen LogP contribution in [0.15, 0.2) is 42.5 Å². The van der Waals surface area contributed by atoms with E-state index < -0.39 is 0 Å². The van der Waals surface area contributed by atoms with Crippen LogP contribution >= 0.6 is 12.2 Å². The molecular weight excluding hydrogens is 204 g/mol. The largest absolute Gasteiger partial charge is 0.376 e. The summed E-state index contributed by atoms with van der Waals surface area (Å²) in [7, 11) is 1.87. The van der Waals surface area contributed by atoms with E-state index in [2.05, 4.69) is 24.3 Å². The van der Waals surface area contributed by atoms with Crippen molar-refractivity contribution in [1.82, 2.24) is 0 Å². The third-order valence-electron chi connectivity index (χ3n) is 2.45. The molecule has 0 heterocycles. The maximum Gasteiger partial charge on any atom is 0.170 e. The van der Waals surface area contributed by atoms with Crippen molar-refractivity contribution in [1.29, 1.82) is 0 Å². The van der Waals surface area contributed by atoms with Gasteiger partial charge in [-0.3, -0.25) is 0 Å². The van der Waals surface area contributed by atoms with Crippen LogP contribution in [0, 0.1) is 0 Å². The zero-order valence-electron chi connectivity index (χ0n) is 8.47. The van der Waals surface area contributed by atoms with Gasteiger partial charge in [-0.25, -0.2) is 0 Å². The molecule has 0 aliphatic rings. The van der Waals surface area contributed by atoms with E-state index in [0.29, 0.717) is 5.11 Å². The van der Waals surface area contributed by atoms with Crippen molar-refractivity contribution in [2.45, 2.75) is 0 Å². The van der Waals surface area contributed by atoms with Gasteiger partial charge < -0.3 is 10.6 Å². The number of benzene rings is 2. The molecule has 2 nitrogen and oxygen atoms in total. The summed E-state index contributed by atoms with van der Waals surface area (Å²) in [6.07, 6.45) is 0. The Morgan fingerprint density at radius 1 is 1.13 bits per heavy atom. The molecule has 2 rings (SSSR count). The molecule has 0 saturated heterocycles. The van der Waals surface area contributed by atoms with Gasteiger partial charge in [0.25, 0.3) is 0 Å². The van der Waals surface area contributed by atoms with Crippen molar-refractivity contribution in [2.75, 3.05) is 11.9 Å². The van der Waals surface area contributed by atoms with Gasteiger partial charge in [0.05, 0.1) is 0 Å². The fourth-order valence-electron chi connectivity index (χ4n) is 1.51. The molecule has 0 radical (unpaired) electrons. The maximum absolute atomic E-state index is 5.57. The van der Waals surface area contributed by atoms with Crippen molar-refractivity contribution in [3.63, 3.8) is 0 Å². The summed E-state index contributed by atoms with van der Waals surface area (Å²) in [5, 5.41) is 2.79. The van der Waals surface area contributed by atoms with Crippen LogP contribution in [0.2, 0.25) is 0 Å². The maximum atomic E-state index is 5.57. The summed E-state index contributed by atoms with van der Waals surface area (Å²) in [5.41, 5.74) is 6.58. The quantitative estimate of drug-likeness (QED) is 0.743. The number of nitrogens with two attached hydrogens (primary N) is 1. The summed E-state index contributed by atoms with van der Waals surface area (Å²) in [5.74, 6) is 0. The zero-order chi connectivity index (χ0) is 10.8. The Morgan fingerprint density at radius 2 is 1.80 bits per heavy atom. The first kappa shape index (κ1) is 9.93. The second kappa shape index (κ2) is 3.87. The topological polar surface area (TPSA) is 29.3 Å². The van der Waals surface area contributed by atoms with E-state index in [1.807, 2.05) is 25.2 Å². The summed E-state index contributed by atoms with van der Waals surface area (Å²) < 4.78 is 0. The minimum Gasteiger partial charge on any atom is -0.376 e. The Balaban J connectivity index is 2.51. The lowest BCUT2D eigenvalue weighted by atomic mass is 10.1. The number of hydrogen-bond donors (Lipinski definition) is 1. The number of thiocarbonyl (C=S) groups is 1. The highest BCUT2D eigenvalue weighted by molar-refractivity contribution is 7.80. The first-order chi connectivity index (χ1) is 7.18. The number of rotatable bonds is 1. The molecule has 0 fully saturated rings. The Labute approximate surface area is 94.3 Å². The molecule has 3 heteroatoms. The average molecular weight is 216 g/mol. The molecule has 2 aromatic rings. The lowest BCUT2D eigenvalue weighted by Gasteiger charge is -2.17. The normalized spacial score (nSPS) is 10.2. The summed E-state index contributed by atoms with van der Waals surface area (Å²) >= 11 is 4.93. The van der Waals surface area contributed by atoms with Gasteiger partial charge in [0.2, 0.25) is 0 Å². The van der Waals surface area contributed by atoms with Gasteiger partial charge in [0, 0.05) is 12.7 Å². The summed E-state index contributed by atoms with van der Waals surface area (Å²) in [6, 6.07) is 14.4. The van der Waals surface area contributed by atoms with E-state index in [-0.39, 0.29) is 0 Å². The van der Waals surface area contributed by atoms with E-state index in [4.69, 9.17) is 18.0 Å². The smallest absolute Gasteiger partial charge is 0.170 e. The summed E-state index contributed by atoms with van der Waals surface area (Å²) in [6.45, 7) is 0. The van der Waals surface area contributed by atoms with Crippen LogP contribution in [0.5, 0.6) is 0 Å². The molecule has 0 aliphatic heterocycles. The first-order valence-electron chi connectivity index (χ1n) is 4.70. The van der Waals surface area contributed by atoms with Gasteiger partial charge >= 0.3 is 0 Å². The lowest BCUT2D eigenvalue weighted by Crippen LogP contribution is -2.31. The van der Waals surface area contributed by atoms with E-state index in [1.54, 1.807) is 4.90 Å². The molecule has 0 atom stereocenters. The van der Waals surface area contributed by atoms with Crippen LogP contribution in [0.3, 0.4) is 0 Å². The standard InChI is InChI=1S/C12H12N2S/c1-14(12(13)15)11-7-6-9-4-2-3-5-10(9)8-11/h2-8H,1H3,(H2,13,15). The molecule has 0 saturated carbocycles. The highest BCUT2D eigenvalue weighted by atomic mass is 32.1. The minimum atomic E-state index is 0.380. The van der Waals surface area contributed by atoms with E-state index in [1.165, 1.54) is 10.8 Å². The Hall–Kier alpha value is -1.61. The lowest BCUT2D eigenvalue weighted by molar-refractivity contribution is 1.27. The van der Waals surface area contributed by atoms with Gasteiger partial charge in [-0.2, -0.15) is 0 Å². The van der Waals surface area contributed by atoms with Gasteiger partial charge in [-0.15, -0.1) is 0 Å². The fraction of sp³-hybridized carbons (Fsp3) is 0.0833. The van der Waals surface area contributed by atoms with Crippen LogP contribution < -0.4 is 10.6 Å². The number of hydrogen-bond acceptors (Lipinski definition) is 1. The van der Waals surface area contributed by atoms with E-state index >= 15 is 0 Å². The van der Waals surface area contributed by atoms with Crippen molar-refractivity contribution in [3.05, 3.63) is 42.5 Å². The fourth-order valence-corrected chi connectivity index (χ4v) is 1.62. The molecule has 2 N–H and O–H groups in total. The van der Waals surface area contributed by atoms with Gasteiger partial charge in [0.15, 0.2) is 5.11 Å². The monoisotopic (exact) mass is 216 g/mol. The highest BCUT2D eigenvalue weighted by Crippen LogP contribution is 2.20. The minimum absolute atomic E-state index is 0.380. The van der Waals surface area contributed by atoms with Gasteiger partial charge in [0.1, 0.15) is 0 Å². The Bertz CT molecular complexity index is 508. The third kappa shape index (κ3) is 1.92. The van der Waals surface area contributed by atoms with Crippen molar-refractivity contribution >= 4 is 33.8 Å². The van der Waals surface area contributed by atoms with Crippen LogP contribution in [0.1, 0.15) is 0 Å². The molecular formula is C12H12N2S. The Kier molecular flexibility index (Phi) is 2.56. The second-order valence-electron chi connectivity index (χ2n) is 3.43.